The number of likely N-dealkylation sites (tertiary alicyclic amines) is 1. The summed E-state index contributed by atoms with van der Waals surface area (Å²) in [6, 6.07) is 13.2. The highest BCUT2D eigenvalue weighted by Crippen LogP contribution is 2.20. The van der Waals surface area contributed by atoms with Crippen molar-refractivity contribution in [1.29, 1.82) is 0 Å². The van der Waals surface area contributed by atoms with Gasteiger partial charge >= 0.3 is 0 Å². The second-order valence-corrected chi connectivity index (χ2v) is 6.75. The van der Waals surface area contributed by atoms with Crippen LogP contribution in [-0.4, -0.2) is 41.4 Å². The first-order chi connectivity index (χ1) is 13.1. The minimum Gasteiger partial charge on any atom is -0.493 e. The number of rotatable bonds is 6. The van der Waals surface area contributed by atoms with E-state index in [2.05, 4.69) is 10.3 Å². The predicted molar refractivity (Wildman–Crippen MR) is 103 cm³/mol. The fraction of sp³-hybridized carbons (Fsp3) is 0.381. The molecule has 27 heavy (non-hydrogen) atoms. The Labute approximate surface area is 159 Å². The summed E-state index contributed by atoms with van der Waals surface area (Å²) < 4.78 is 5.60. The number of hydrogen-bond acceptors (Lipinski definition) is 4. The number of piperidine rings is 1. The van der Waals surface area contributed by atoms with Crippen LogP contribution < -0.4 is 10.1 Å². The molecule has 0 bridgehead atoms. The largest absolute Gasteiger partial charge is 0.493 e. The Morgan fingerprint density at radius 1 is 1.22 bits per heavy atom. The number of aryl methyl sites for hydroxylation is 1. The van der Waals surface area contributed by atoms with Crippen LogP contribution in [0.2, 0.25) is 0 Å². The van der Waals surface area contributed by atoms with Crippen molar-refractivity contribution in [1.82, 2.24) is 9.88 Å². The SMILES string of the molecule is Cc1cccnc1NC(=O)[C@@H]1CCCN(C(=O)CCOc2ccccc2)C1. The van der Waals surface area contributed by atoms with Crippen LogP contribution in [0.15, 0.2) is 48.7 Å². The van der Waals surface area contributed by atoms with Gasteiger partial charge in [0.25, 0.3) is 0 Å². The van der Waals surface area contributed by atoms with Gasteiger partial charge in [-0.2, -0.15) is 0 Å². The monoisotopic (exact) mass is 367 g/mol. The van der Waals surface area contributed by atoms with Crippen molar-refractivity contribution >= 4 is 17.6 Å². The molecule has 1 aliphatic rings. The van der Waals surface area contributed by atoms with Crippen LogP contribution in [0.5, 0.6) is 5.75 Å². The number of para-hydroxylation sites is 1. The molecule has 3 rings (SSSR count). The fourth-order valence-electron chi connectivity index (χ4n) is 3.18. The van der Waals surface area contributed by atoms with E-state index >= 15 is 0 Å². The van der Waals surface area contributed by atoms with Gasteiger partial charge in [0.2, 0.25) is 11.8 Å². The highest BCUT2D eigenvalue weighted by Gasteiger charge is 2.28. The molecule has 1 aliphatic heterocycles. The molecular weight excluding hydrogens is 342 g/mol. The number of anilines is 1. The fourth-order valence-corrected chi connectivity index (χ4v) is 3.18. The third-order valence-corrected chi connectivity index (χ3v) is 4.72. The zero-order valence-electron chi connectivity index (χ0n) is 15.6. The van der Waals surface area contributed by atoms with Crippen LogP contribution in [-0.2, 0) is 9.59 Å². The van der Waals surface area contributed by atoms with Crippen molar-refractivity contribution in [2.24, 2.45) is 5.92 Å². The van der Waals surface area contributed by atoms with E-state index in [1.807, 2.05) is 49.4 Å². The van der Waals surface area contributed by atoms with Gasteiger partial charge < -0.3 is 15.0 Å². The van der Waals surface area contributed by atoms with E-state index in [9.17, 15) is 9.59 Å². The summed E-state index contributed by atoms with van der Waals surface area (Å²) in [5.41, 5.74) is 0.924. The number of nitrogens with one attached hydrogen (secondary N) is 1. The molecule has 6 heteroatoms. The average molecular weight is 367 g/mol. The Morgan fingerprint density at radius 3 is 2.81 bits per heavy atom. The second-order valence-electron chi connectivity index (χ2n) is 6.75. The number of hydrogen-bond donors (Lipinski definition) is 1. The van der Waals surface area contributed by atoms with Gasteiger partial charge in [-0.1, -0.05) is 24.3 Å². The molecule has 1 N–H and O–H groups in total. The van der Waals surface area contributed by atoms with Crippen LogP contribution >= 0.6 is 0 Å². The van der Waals surface area contributed by atoms with Crippen LogP contribution in [0, 0.1) is 12.8 Å². The van der Waals surface area contributed by atoms with E-state index in [1.165, 1.54) is 0 Å². The molecule has 0 saturated carbocycles. The molecule has 1 atom stereocenters. The zero-order valence-corrected chi connectivity index (χ0v) is 15.6. The number of nitrogens with zero attached hydrogens (tertiary/aromatic N) is 2. The smallest absolute Gasteiger partial charge is 0.230 e. The lowest BCUT2D eigenvalue weighted by Crippen LogP contribution is -2.44. The van der Waals surface area contributed by atoms with Gasteiger partial charge in [0.1, 0.15) is 11.6 Å². The molecule has 0 radical (unpaired) electrons. The zero-order chi connectivity index (χ0) is 19.1. The first-order valence-electron chi connectivity index (χ1n) is 9.31. The van der Waals surface area contributed by atoms with Crippen LogP contribution in [0.3, 0.4) is 0 Å². The third kappa shape index (κ3) is 5.29. The Bertz CT molecular complexity index is 779. The number of pyridine rings is 1. The quantitative estimate of drug-likeness (QED) is 0.852. The number of carbonyl (C=O) groups excluding carboxylic acids is 2. The maximum absolute atomic E-state index is 12.6. The number of ether oxygens (including phenoxy) is 1. The Balaban J connectivity index is 1.48. The molecule has 1 aromatic carbocycles. The van der Waals surface area contributed by atoms with Crippen molar-refractivity contribution in [3.05, 3.63) is 54.2 Å². The highest BCUT2D eigenvalue weighted by molar-refractivity contribution is 5.92. The van der Waals surface area contributed by atoms with Gasteiger partial charge in [-0.05, 0) is 43.5 Å². The van der Waals surface area contributed by atoms with Crippen molar-refractivity contribution < 1.29 is 14.3 Å². The van der Waals surface area contributed by atoms with E-state index in [0.29, 0.717) is 31.9 Å². The molecule has 0 spiro atoms. The summed E-state index contributed by atoms with van der Waals surface area (Å²) in [5, 5.41) is 2.89. The minimum absolute atomic E-state index is 0.0254. The Hall–Kier alpha value is -2.89. The van der Waals surface area contributed by atoms with E-state index in [4.69, 9.17) is 4.74 Å². The lowest BCUT2D eigenvalue weighted by molar-refractivity contribution is -0.135. The highest BCUT2D eigenvalue weighted by atomic mass is 16.5. The van der Waals surface area contributed by atoms with E-state index in [1.54, 1.807) is 11.1 Å². The summed E-state index contributed by atoms with van der Waals surface area (Å²) in [7, 11) is 0. The summed E-state index contributed by atoms with van der Waals surface area (Å²) in [6.07, 6.45) is 3.57. The van der Waals surface area contributed by atoms with E-state index < -0.39 is 0 Å². The van der Waals surface area contributed by atoms with Gasteiger partial charge in [0.15, 0.2) is 0 Å². The standard InChI is InChI=1S/C21H25N3O3/c1-16-7-5-12-22-20(16)23-21(26)17-8-6-13-24(15-17)19(25)11-14-27-18-9-3-2-4-10-18/h2-5,7,9-10,12,17H,6,8,11,13-15H2,1H3,(H,22,23,26)/t17-/m1/s1. The van der Waals surface area contributed by atoms with Crippen molar-refractivity contribution in [2.75, 3.05) is 25.0 Å². The van der Waals surface area contributed by atoms with Gasteiger partial charge in [-0.3, -0.25) is 9.59 Å². The molecule has 2 aromatic rings. The minimum atomic E-state index is -0.209. The number of benzene rings is 1. The summed E-state index contributed by atoms with van der Waals surface area (Å²) in [4.78, 5) is 31.0. The summed E-state index contributed by atoms with van der Waals surface area (Å²) in [5.74, 6) is 1.08. The normalized spacial score (nSPS) is 16.6. The van der Waals surface area contributed by atoms with Gasteiger partial charge in [0.05, 0.1) is 18.9 Å². The topological polar surface area (TPSA) is 71.5 Å². The third-order valence-electron chi connectivity index (χ3n) is 4.72. The number of aromatic nitrogens is 1. The Kier molecular flexibility index (Phi) is 6.41. The first-order valence-corrected chi connectivity index (χ1v) is 9.31. The molecule has 1 saturated heterocycles. The molecule has 0 unspecified atom stereocenters. The average Bonchev–Trinajstić information content (AvgIpc) is 2.70. The molecule has 142 valence electrons. The van der Waals surface area contributed by atoms with Crippen LogP contribution in [0.4, 0.5) is 5.82 Å². The maximum Gasteiger partial charge on any atom is 0.230 e. The van der Waals surface area contributed by atoms with Crippen molar-refractivity contribution in [2.45, 2.75) is 26.2 Å². The van der Waals surface area contributed by atoms with Gasteiger partial charge in [-0.25, -0.2) is 4.98 Å². The van der Waals surface area contributed by atoms with Crippen molar-refractivity contribution in [3.8, 4) is 5.75 Å². The predicted octanol–water partition coefficient (Wildman–Crippen LogP) is 3.04. The maximum atomic E-state index is 12.6. The van der Waals surface area contributed by atoms with Gasteiger partial charge in [0, 0.05) is 19.3 Å². The molecule has 1 fully saturated rings. The lowest BCUT2D eigenvalue weighted by atomic mass is 9.96. The molecule has 1 aromatic heterocycles. The summed E-state index contributed by atoms with van der Waals surface area (Å²) in [6.45, 7) is 3.38. The summed E-state index contributed by atoms with van der Waals surface area (Å²) >= 11 is 0. The first kappa shape index (κ1) is 18.9. The Morgan fingerprint density at radius 2 is 2.04 bits per heavy atom. The number of amides is 2. The van der Waals surface area contributed by atoms with E-state index in [-0.39, 0.29) is 17.7 Å². The molecule has 2 heterocycles. The number of carbonyl (C=O) groups is 2. The van der Waals surface area contributed by atoms with E-state index in [0.717, 1.165) is 24.2 Å². The molecular formula is C21H25N3O3. The molecule has 6 nitrogen and oxygen atoms in total. The second kappa shape index (κ2) is 9.16. The van der Waals surface area contributed by atoms with Gasteiger partial charge in [-0.15, -0.1) is 0 Å². The molecule has 0 aliphatic carbocycles. The van der Waals surface area contributed by atoms with Crippen molar-refractivity contribution in [3.63, 3.8) is 0 Å². The van der Waals surface area contributed by atoms with Crippen LogP contribution in [0.1, 0.15) is 24.8 Å². The molecule has 2 amide bonds. The lowest BCUT2D eigenvalue weighted by Gasteiger charge is -2.32. The van der Waals surface area contributed by atoms with Crippen LogP contribution in [0.25, 0.3) is 0 Å².